The van der Waals surface area contributed by atoms with Crippen molar-refractivity contribution in [3.63, 3.8) is 0 Å². The average Bonchev–Trinajstić information content (AvgIpc) is 3.24. The Morgan fingerprint density at radius 1 is 0.317 bits per heavy atom. The van der Waals surface area contributed by atoms with Crippen molar-refractivity contribution < 1.29 is 28.6 Å². The van der Waals surface area contributed by atoms with E-state index in [1.807, 2.05) is 0 Å². The topological polar surface area (TPSA) is 78.9 Å². The van der Waals surface area contributed by atoms with E-state index in [4.69, 9.17) is 14.2 Å². The van der Waals surface area contributed by atoms with Crippen molar-refractivity contribution in [2.24, 2.45) is 0 Å². The normalized spacial score (nSPS) is 12.0. The molecule has 0 fully saturated rings. The minimum atomic E-state index is -0.767. The molecule has 0 bridgehead atoms. The van der Waals surface area contributed by atoms with Crippen LogP contribution in [0.1, 0.15) is 297 Å². The number of rotatable bonds is 49. The SMILES string of the molecule is CCCCCCCC/C=C\CCCCCCCC(=O)O[C@H](COC(=O)CCCCCCCCCCC)COC(=O)CCCCCCCCCCCCCCCCCCCC. The van der Waals surface area contributed by atoms with E-state index in [9.17, 15) is 14.4 Å². The number of unbranched alkanes of at least 4 members (excludes halogenated alkanes) is 36. The third kappa shape index (κ3) is 47.2. The molecule has 0 unspecified atom stereocenters. The second kappa shape index (κ2) is 49.8. The monoisotopic (exact) mass is 847 g/mol. The highest BCUT2D eigenvalue weighted by molar-refractivity contribution is 5.71. The Morgan fingerprint density at radius 2 is 0.550 bits per heavy atom. The van der Waals surface area contributed by atoms with Gasteiger partial charge in [0.1, 0.15) is 13.2 Å². The van der Waals surface area contributed by atoms with Gasteiger partial charge in [0.25, 0.3) is 0 Å². The van der Waals surface area contributed by atoms with Gasteiger partial charge in [0.2, 0.25) is 0 Å². The molecule has 0 heterocycles. The molecule has 1 atom stereocenters. The van der Waals surface area contributed by atoms with Gasteiger partial charge in [-0.05, 0) is 44.9 Å². The van der Waals surface area contributed by atoms with E-state index in [2.05, 4.69) is 32.9 Å². The van der Waals surface area contributed by atoms with Crippen molar-refractivity contribution in [3.8, 4) is 0 Å². The quantitative estimate of drug-likeness (QED) is 0.0263. The minimum absolute atomic E-state index is 0.0681. The molecule has 6 heteroatoms. The Labute approximate surface area is 373 Å². The molecule has 354 valence electrons. The molecule has 0 amide bonds. The molecule has 0 rings (SSSR count). The summed E-state index contributed by atoms with van der Waals surface area (Å²) in [5, 5.41) is 0. The van der Waals surface area contributed by atoms with E-state index >= 15 is 0 Å². The zero-order valence-corrected chi connectivity index (χ0v) is 40.5. The van der Waals surface area contributed by atoms with Crippen molar-refractivity contribution in [2.75, 3.05) is 13.2 Å². The van der Waals surface area contributed by atoms with Crippen molar-refractivity contribution in [1.29, 1.82) is 0 Å². The van der Waals surface area contributed by atoms with Gasteiger partial charge in [0.05, 0.1) is 0 Å². The molecule has 0 aliphatic heterocycles. The van der Waals surface area contributed by atoms with Crippen LogP contribution < -0.4 is 0 Å². The Hall–Kier alpha value is -1.85. The highest BCUT2D eigenvalue weighted by atomic mass is 16.6. The summed E-state index contributed by atoms with van der Waals surface area (Å²) in [7, 11) is 0. The standard InChI is InChI=1S/C54H102O6/c1-4-7-10-13-16-19-21-23-25-26-27-29-30-32-35-38-41-44-47-53(56)59-50-51(49-58-52(55)46-43-40-37-34-18-15-12-9-6-3)60-54(57)48-45-42-39-36-33-31-28-24-22-20-17-14-11-8-5-2/h24,28,51H,4-23,25-27,29-50H2,1-3H3/b28-24-/t51-/m1/s1. The number of hydrogen-bond donors (Lipinski definition) is 0. The maximum Gasteiger partial charge on any atom is 0.306 e. The number of carbonyl (C=O) groups excluding carboxylic acids is 3. The number of carbonyl (C=O) groups is 3. The molecular weight excluding hydrogens is 745 g/mol. The molecule has 6 nitrogen and oxygen atoms in total. The van der Waals surface area contributed by atoms with Gasteiger partial charge in [-0.15, -0.1) is 0 Å². The summed E-state index contributed by atoms with van der Waals surface area (Å²) < 4.78 is 16.8. The highest BCUT2D eigenvalue weighted by Crippen LogP contribution is 2.16. The van der Waals surface area contributed by atoms with Gasteiger partial charge in [0.15, 0.2) is 6.10 Å². The Kier molecular flexibility index (Phi) is 48.3. The predicted octanol–water partition coefficient (Wildman–Crippen LogP) is 17.4. The summed E-state index contributed by atoms with van der Waals surface area (Å²) in [5.74, 6) is -0.862. The van der Waals surface area contributed by atoms with Gasteiger partial charge in [0, 0.05) is 19.3 Å². The van der Waals surface area contributed by atoms with Crippen LogP contribution in [0.5, 0.6) is 0 Å². The number of ether oxygens (including phenoxy) is 3. The molecule has 0 aliphatic rings. The molecule has 0 saturated heterocycles. The van der Waals surface area contributed by atoms with Crippen LogP contribution in [-0.2, 0) is 28.6 Å². The summed E-state index contributed by atoms with van der Waals surface area (Å²) in [6.07, 6.45) is 54.9. The van der Waals surface area contributed by atoms with Crippen molar-refractivity contribution >= 4 is 17.9 Å². The lowest BCUT2D eigenvalue weighted by atomic mass is 10.0. The second-order valence-corrected chi connectivity index (χ2v) is 18.2. The zero-order valence-electron chi connectivity index (χ0n) is 40.5. The molecular formula is C54H102O6. The van der Waals surface area contributed by atoms with Crippen molar-refractivity contribution in [2.45, 2.75) is 303 Å². The molecule has 0 radical (unpaired) electrons. The molecule has 0 spiro atoms. The maximum atomic E-state index is 12.8. The molecule has 60 heavy (non-hydrogen) atoms. The largest absolute Gasteiger partial charge is 0.462 e. The Bertz CT molecular complexity index is 931. The molecule has 0 aromatic rings. The third-order valence-corrected chi connectivity index (χ3v) is 12.0. The lowest BCUT2D eigenvalue weighted by Gasteiger charge is -2.18. The number of esters is 3. The van der Waals surface area contributed by atoms with Crippen LogP contribution in [0.3, 0.4) is 0 Å². The molecule has 0 aromatic carbocycles. The second-order valence-electron chi connectivity index (χ2n) is 18.2. The van der Waals surface area contributed by atoms with E-state index in [1.165, 1.54) is 193 Å². The summed E-state index contributed by atoms with van der Waals surface area (Å²) in [4.78, 5) is 37.9. The van der Waals surface area contributed by atoms with Gasteiger partial charge < -0.3 is 14.2 Å². The van der Waals surface area contributed by atoms with Crippen molar-refractivity contribution in [3.05, 3.63) is 12.2 Å². The lowest BCUT2D eigenvalue weighted by molar-refractivity contribution is -0.167. The van der Waals surface area contributed by atoms with E-state index in [0.29, 0.717) is 19.3 Å². The summed E-state index contributed by atoms with van der Waals surface area (Å²) in [6, 6.07) is 0. The smallest absolute Gasteiger partial charge is 0.306 e. The summed E-state index contributed by atoms with van der Waals surface area (Å²) >= 11 is 0. The van der Waals surface area contributed by atoms with Crippen LogP contribution in [-0.4, -0.2) is 37.2 Å². The predicted molar refractivity (Wildman–Crippen MR) is 256 cm³/mol. The van der Waals surface area contributed by atoms with Crippen LogP contribution >= 0.6 is 0 Å². The van der Waals surface area contributed by atoms with Crippen LogP contribution in [0.2, 0.25) is 0 Å². The fraction of sp³-hybridized carbons (Fsp3) is 0.907. The minimum Gasteiger partial charge on any atom is -0.462 e. The first-order valence-corrected chi connectivity index (χ1v) is 26.7. The Balaban J connectivity index is 4.26. The van der Waals surface area contributed by atoms with Gasteiger partial charge >= 0.3 is 17.9 Å². The van der Waals surface area contributed by atoms with Crippen molar-refractivity contribution in [1.82, 2.24) is 0 Å². The third-order valence-electron chi connectivity index (χ3n) is 12.0. The first-order chi connectivity index (χ1) is 29.5. The highest BCUT2D eigenvalue weighted by Gasteiger charge is 2.19. The molecule has 0 N–H and O–H groups in total. The van der Waals surface area contributed by atoms with Gasteiger partial charge in [-0.1, -0.05) is 245 Å². The first-order valence-electron chi connectivity index (χ1n) is 26.7. The summed E-state index contributed by atoms with van der Waals surface area (Å²) in [5.41, 5.74) is 0. The van der Waals surface area contributed by atoms with E-state index < -0.39 is 6.10 Å². The first kappa shape index (κ1) is 58.1. The van der Waals surface area contributed by atoms with Crippen LogP contribution in [0.15, 0.2) is 12.2 Å². The average molecular weight is 847 g/mol. The van der Waals surface area contributed by atoms with Gasteiger partial charge in [-0.3, -0.25) is 14.4 Å². The molecule has 0 saturated carbocycles. The lowest BCUT2D eigenvalue weighted by Crippen LogP contribution is -2.30. The van der Waals surface area contributed by atoms with E-state index in [0.717, 1.165) is 64.2 Å². The number of hydrogen-bond acceptors (Lipinski definition) is 6. The number of allylic oxidation sites excluding steroid dienone is 2. The zero-order chi connectivity index (χ0) is 43.7. The fourth-order valence-electron chi connectivity index (χ4n) is 7.97. The maximum absolute atomic E-state index is 12.8. The van der Waals surface area contributed by atoms with E-state index in [1.54, 1.807) is 0 Å². The van der Waals surface area contributed by atoms with Crippen LogP contribution in [0.4, 0.5) is 0 Å². The Morgan fingerprint density at radius 3 is 0.833 bits per heavy atom. The molecule has 0 aliphatic carbocycles. The van der Waals surface area contributed by atoms with Crippen LogP contribution in [0.25, 0.3) is 0 Å². The van der Waals surface area contributed by atoms with Gasteiger partial charge in [-0.25, -0.2) is 0 Å². The summed E-state index contributed by atoms with van der Waals surface area (Å²) in [6.45, 7) is 6.65. The van der Waals surface area contributed by atoms with Gasteiger partial charge in [-0.2, -0.15) is 0 Å². The fourth-order valence-corrected chi connectivity index (χ4v) is 7.97. The van der Waals surface area contributed by atoms with Crippen LogP contribution in [0, 0.1) is 0 Å². The molecule has 0 aromatic heterocycles. The van der Waals surface area contributed by atoms with E-state index in [-0.39, 0.29) is 31.1 Å².